The molecule has 2 N–H and O–H groups in total. The first kappa shape index (κ1) is 12.0. The molecule has 0 aliphatic rings. The molecule has 0 amide bonds. The molecule has 0 saturated heterocycles. The Kier molecular flexibility index (Phi) is 4.09. The number of rotatable bonds is 4. The fourth-order valence-electron chi connectivity index (χ4n) is 1.52. The summed E-state index contributed by atoms with van der Waals surface area (Å²) in [6, 6.07) is 4.53. The molecule has 0 aliphatic carbocycles. The van der Waals surface area contributed by atoms with E-state index in [1.165, 1.54) is 6.07 Å². The Bertz CT molecular complexity index is 327. The summed E-state index contributed by atoms with van der Waals surface area (Å²) in [4.78, 5) is 0. The fourth-order valence-corrected chi connectivity index (χ4v) is 1.52. The van der Waals surface area contributed by atoms with Crippen molar-refractivity contribution in [2.75, 3.05) is 0 Å². The van der Waals surface area contributed by atoms with Gasteiger partial charge in [-0.05, 0) is 26.3 Å². The second-order valence-corrected chi connectivity index (χ2v) is 3.90. The minimum Gasteiger partial charge on any atom is -0.508 e. The van der Waals surface area contributed by atoms with Crippen LogP contribution in [0.25, 0.3) is 0 Å². The first-order valence-electron chi connectivity index (χ1n) is 5.29. The standard InChI is InChI=1S/C12H18FNO/c1-4-8(2)14-9(3)11-6-5-10(13)7-12(11)15/h5-9,14-15H,4H2,1-3H3/t8-,9-/m1/s1. The van der Waals surface area contributed by atoms with Crippen molar-refractivity contribution in [2.45, 2.75) is 39.3 Å². The topological polar surface area (TPSA) is 32.3 Å². The second kappa shape index (κ2) is 5.12. The van der Waals surface area contributed by atoms with Crippen LogP contribution >= 0.6 is 0 Å². The van der Waals surface area contributed by atoms with E-state index in [9.17, 15) is 9.50 Å². The van der Waals surface area contributed by atoms with Crippen LogP contribution in [-0.2, 0) is 0 Å². The van der Waals surface area contributed by atoms with Crippen molar-refractivity contribution in [1.82, 2.24) is 5.32 Å². The van der Waals surface area contributed by atoms with Crippen molar-refractivity contribution in [1.29, 1.82) is 0 Å². The van der Waals surface area contributed by atoms with E-state index in [4.69, 9.17) is 0 Å². The van der Waals surface area contributed by atoms with E-state index in [2.05, 4.69) is 19.2 Å². The van der Waals surface area contributed by atoms with Crippen LogP contribution in [0.15, 0.2) is 18.2 Å². The highest BCUT2D eigenvalue weighted by Crippen LogP contribution is 2.25. The highest BCUT2D eigenvalue weighted by Gasteiger charge is 2.12. The molecular formula is C12H18FNO. The van der Waals surface area contributed by atoms with Gasteiger partial charge in [0.25, 0.3) is 0 Å². The molecule has 0 unspecified atom stereocenters. The van der Waals surface area contributed by atoms with Crippen LogP contribution in [0.5, 0.6) is 5.75 Å². The van der Waals surface area contributed by atoms with E-state index in [1.807, 2.05) is 6.92 Å². The predicted octanol–water partition coefficient (Wildman–Crippen LogP) is 2.98. The molecule has 1 rings (SSSR count). The van der Waals surface area contributed by atoms with Gasteiger partial charge in [-0.3, -0.25) is 0 Å². The highest BCUT2D eigenvalue weighted by molar-refractivity contribution is 5.34. The maximum atomic E-state index is 12.8. The number of nitrogens with one attached hydrogen (secondary N) is 1. The third kappa shape index (κ3) is 3.20. The number of hydrogen-bond donors (Lipinski definition) is 2. The van der Waals surface area contributed by atoms with Crippen molar-refractivity contribution in [3.05, 3.63) is 29.6 Å². The lowest BCUT2D eigenvalue weighted by Crippen LogP contribution is -2.28. The molecule has 0 saturated carbocycles. The summed E-state index contributed by atoms with van der Waals surface area (Å²) in [6.07, 6.45) is 1.02. The molecule has 0 bridgehead atoms. The van der Waals surface area contributed by atoms with E-state index in [0.717, 1.165) is 18.1 Å². The molecule has 84 valence electrons. The molecule has 1 aromatic rings. The quantitative estimate of drug-likeness (QED) is 0.802. The monoisotopic (exact) mass is 211 g/mol. The third-order valence-corrected chi connectivity index (χ3v) is 2.61. The Morgan fingerprint density at radius 3 is 2.60 bits per heavy atom. The van der Waals surface area contributed by atoms with Gasteiger partial charge in [-0.1, -0.05) is 13.0 Å². The maximum absolute atomic E-state index is 12.8. The Morgan fingerprint density at radius 2 is 2.07 bits per heavy atom. The molecular weight excluding hydrogens is 193 g/mol. The van der Waals surface area contributed by atoms with Gasteiger partial charge in [0.1, 0.15) is 11.6 Å². The maximum Gasteiger partial charge on any atom is 0.126 e. The van der Waals surface area contributed by atoms with Crippen LogP contribution in [0.2, 0.25) is 0 Å². The molecule has 0 aliphatic heterocycles. The lowest BCUT2D eigenvalue weighted by Gasteiger charge is -2.19. The second-order valence-electron chi connectivity index (χ2n) is 3.90. The van der Waals surface area contributed by atoms with E-state index in [-0.39, 0.29) is 11.8 Å². The van der Waals surface area contributed by atoms with Crippen molar-refractivity contribution in [2.24, 2.45) is 0 Å². The number of benzene rings is 1. The number of halogens is 1. The van der Waals surface area contributed by atoms with Crippen molar-refractivity contribution >= 4 is 0 Å². The molecule has 0 heterocycles. The van der Waals surface area contributed by atoms with Gasteiger partial charge in [0.2, 0.25) is 0 Å². The summed E-state index contributed by atoms with van der Waals surface area (Å²) in [5.74, 6) is -0.398. The first-order valence-corrected chi connectivity index (χ1v) is 5.29. The lowest BCUT2D eigenvalue weighted by atomic mass is 10.1. The van der Waals surface area contributed by atoms with Gasteiger partial charge in [0, 0.05) is 23.7 Å². The number of phenolic OH excluding ortho intramolecular Hbond substituents is 1. The normalized spacial score (nSPS) is 14.9. The van der Waals surface area contributed by atoms with Gasteiger partial charge in [0.05, 0.1) is 0 Å². The summed E-state index contributed by atoms with van der Waals surface area (Å²) in [5, 5.41) is 12.9. The summed E-state index contributed by atoms with van der Waals surface area (Å²) in [5.41, 5.74) is 0.733. The number of hydrogen-bond acceptors (Lipinski definition) is 2. The Balaban J connectivity index is 2.77. The summed E-state index contributed by atoms with van der Waals surface area (Å²) < 4.78 is 12.8. The lowest BCUT2D eigenvalue weighted by molar-refractivity contribution is 0.427. The van der Waals surface area contributed by atoms with Crippen molar-refractivity contribution < 1.29 is 9.50 Å². The van der Waals surface area contributed by atoms with Crippen LogP contribution in [0.4, 0.5) is 4.39 Å². The first-order chi connectivity index (χ1) is 7.04. The smallest absolute Gasteiger partial charge is 0.126 e. The molecule has 1 aromatic carbocycles. The molecule has 3 heteroatoms. The summed E-state index contributed by atoms with van der Waals surface area (Å²) in [6.45, 7) is 6.13. The SMILES string of the molecule is CC[C@@H](C)N[C@H](C)c1ccc(F)cc1O. The van der Waals surface area contributed by atoms with Crippen LogP contribution in [0.1, 0.15) is 38.8 Å². The van der Waals surface area contributed by atoms with E-state index >= 15 is 0 Å². The van der Waals surface area contributed by atoms with Gasteiger partial charge in [-0.15, -0.1) is 0 Å². The molecule has 0 fully saturated rings. The Morgan fingerprint density at radius 1 is 1.40 bits per heavy atom. The molecule has 0 radical (unpaired) electrons. The predicted molar refractivity (Wildman–Crippen MR) is 59.4 cm³/mol. The van der Waals surface area contributed by atoms with Crippen LogP contribution < -0.4 is 5.32 Å². The Hall–Kier alpha value is -1.09. The van der Waals surface area contributed by atoms with Gasteiger partial charge in [-0.2, -0.15) is 0 Å². The van der Waals surface area contributed by atoms with Crippen LogP contribution in [0, 0.1) is 5.82 Å². The third-order valence-electron chi connectivity index (χ3n) is 2.61. The zero-order valence-electron chi connectivity index (χ0n) is 9.42. The van der Waals surface area contributed by atoms with Gasteiger partial charge in [0.15, 0.2) is 0 Å². The molecule has 0 aromatic heterocycles. The highest BCUT2D eigenvalue weighted by atomic mass is 19.1. The summed E-state index contributed by atoms with van der Waals surface area (Å²) >= 11 is 0. The minimum atomic E-state index is -0.410. The van der Waals surface area contributed by atoms with Crippen LogP contribution in [-0.4, -0.2) is 11.1 Å². The summed E-state index contributed by atoms with van der Waals surface area (Å²) in [7, 11) is 0. The van der Waals surface area contributed by atoms with E-state index in [0.29, 0.717) is 6.04 Å². The van der Waals surface area contributed by atoms with E-state index in [1.54, 1.807) is 6.07 Å². The largest absolute Gasteiger partial charge is 0.508 e. The zero-order chi connectivity index (χ0) is 11.4. The van der Waals surface area contributed by atoms with Gasteiger partial charge < -0.3 is 10.4 Å². The Labute approximate surface area is 90.1 Å². The minimum absolute atomic E-state index is 0.0123. The number of aromatic hydroxyl groups is 1. The molecule has 2 nitrogen and oxygen atoms in total. The molecule has 0 spiro atoms. The van der Waals surface area contributed by atoms with Gasteiger partial charge in [-0.25, -0.2) is 4.39 Å². The molecule has 15 heavy (non-hydrogen) atoms. The average molecular weight is 211 g/mol. The number of phenols is 1. The van der Waals surface area contributed by atoms with E-state index < -0.39 is 5.82 Å². The average Bonchev–Trinajstić information content (AvgIpc) is 2.17. The van der Waals surface area contributed by atoms with Crippen molar-refractivity contribution in [3.63, 3.8) is 0 Å². The fraction of sp³-hybridized carbons (Fsp3) is 0.500. The zero-order valence-corrected chi connectivity index (χ0v) is 9.42. The van der Waals surface area contributed by atoms with Crippen molar-refractivity contribution in [3.8, 4) is 5.75 Å². The molecule has 2 atom stereocenters. The van der Waals surface area contributed by atoms with Gasteiger partial charge >= 0.3 is 0 Å². The van der Waals surface area contributed by atoms with Crippen LogP contribution in [0.3, 0.4) is 0 Å².